The first-order valence-corrected chi connectivity index (χ1v) is 11.6. The fourth-order valence-corrected chi connectivity index (χ4v) is 5.11. The number of carbonyl (C=O) groups is 1. The summed E-state index contributed by atoms with van der Waals surface area (Å²) < 4.78 is 45.6. The molecule has 6 nitrogen and oxygen atoms in total. The molecule has 1 amide bonds. The maximum absolute atomic E-state index is 13.3. The van der Waals surface area contributed by atoms with Gasteiger partial charge in [0, 0.05) is 24.0 Å². The van der Waals surface area contributed by atoms with Gasteiger partial charge < -0.3 is 10.1 Å². The molecule has 162 valence electrons. The number of nitrogens with zero attached hydrogens (tertiary/aromatic N) is 1. The van der Waals surface area contributed by atoms with Gasteiger partial charge in [0.05, 0.1) is 16.5 Å². The zero-order valence-corrected chi connectivity index (χ0v) is 18.3. The summed E-state index contributed by atoms with van der Waals surface area (Å²) in [5.74, 6) is -0.465. The molecule has 3 rings (SSSR count). The second kappa shape index (κ2) is 9.96. The molecule has 1 saturated heterocycles. The van der Waals surface area contributed by atoms with Gasteiger partial charge in [0.25, 0.3) is 0 Å². The van der Waals surface area contributed by atoms with Crippen molar-refractivity contribution in [3.05, 3.63) is 58.3 Å². The van der Waals surface area contributed by atoms with E-state index in [-0.39, 0.29) is 34.8 Å². The Morgan fingerprint density at radius 3 is 2.57 bits per heavy atom. The standard InChI is InChI=1S/C20H21Cl2FN2O4S/c21-15-2-1-3-16(12-15)29-11-8-24-20(26)14-6-9-25(10-7-14)30(27,28)17-4-5-19(23)18(22)13-17/h1-5,12-14H,6-11H2,(H,24,26). The van der Waals surface area contributed by atoms with Crippen LogP contribution >= 0.6 is 23.2 Å². The summed E-state index contributed by atoms with van der Waals surface area (Å²) in [6, 6.07) is 10.3. The van der Waals surface area contributed by atoms with Crippen LogP contribution < -0.4 is 10.1 Å². The van der Waals surface area contributed by atoms with E-state index in [1.54, 1.807) is 24.3 Å². The zero-order valence-electron chi connectivity index (χ0n) is 16.0. The lowest BCUT2D eigenvalue weighted by Crippen LogP contribution is -2.43. The number of ether oxygens (including phenoxy) is 1. The lowest BCUT2D eigenvalue weighted by molar-refractivity contribution is -0.126. The molecule has 30 heavy (non-hydrogen) atoms. The van der Waals surface area contributed by atoms with E-state index in [0.717, 1.165) is 12.1 Å². The van der Waals surface area contributed by atoms with Crippen LogP contribution in [0.15, 0.2) is 47.4 Å². The minimum atomic E-state index is -3.79. The highest BCUT2D eigenvalue weighted by molar-refractivity contribution is 7.89. The predicted molar refractivity (Wildman–Crippen MR) is 113 cm³/mol. The molecule has 1 fully saturated rings. The number of halogens is 3. The van der Waals surface area contributed by atoms with Crippen molar-refractivity contribution >= 4 is 39.1 Å². The monoisotopic (exact) mass is 474 g/mol. The molecular formula is C20H21Cl2FN2O4S. The Morgan fingerprint density at radius 1 is 1.17 bits per heavy atom. The largest absolute Gasteiger partial charge is 0.492 e. The summed E-state index contributed by atoms with van der Waals surface area (Å²) in [6.07, 6.45) is 0.796. The molecule has 0 saturated carbocycles. The number of sulfonamides is 1. The Bertz CT molecular complexity index is 1010. The molecule has 1 heterocycles. The number of hydrogen-bond donors (Lipinski definition) is 1. The predicted octanol–water partition coefficient (Wildman–Crippen LogP) is 3.73. The molecule has 2 aromatic carbocycles. The Labute approximate surface area is 185 Å². The molecule has 0 aromatic heterocycles. The van der Waals surface area contributed by atoms with Crippen LogP contribution in [0.2, 0.25) is 10.0 Å². The van der Waals surface area contributed by atoms with Gasteiger partial charge in [0.1, 0.15) is 18.2 Å². The summed E-state index contributed by atoms with van der Waals surface area (Å²) in [5, 5.41) is 3.14. The Morgan fingerprint density at radius 2 is 1.90 bits per heavy atom. The van der Waals surface area contributed by atoms with Crippen LogP contribution in [0.25, 0.3) is 0 Å². The normalized spacial score (nSPS) is 15.7. The second-order valence-electron chi connectivity index (χ2n) is 6.85. The van der Waals surface area contributed by atoms with Crippen molar-refractivity contribution in [3.8, 4) is 5.75 Å². The third-order valence-corrected chi connectivity index (χ3v) is 7.24. The van der Waals surface area contributed by atoms with Crippen LogP contribution in [0.5, 0.6) is 5.75 Å². The number of rotatable bonds is 7. The number of amides is 1. The third-order valence-electron chi connectivity index (χ3n) is 4.82. The van der Waals surface area contributed by atoms with E-state index in [0.29, 0.717) is 36.8 Å². The number of piperidine rings is 1. The van der Waals surface area contributed by atoms with Crippen LogP contribution in [-0.4, -0.2) is 44.9 Å². The highest BCUT2D eigenvalue weighted by Gasteiger charge is 2.32. The van der Waals surface area contributed by atoms with Gasteiger partial charge >= 0.3 is 0 Å². The van der Waals surface area contributed by atoms with E-state index in [1.807, 2.05) is 0 Å². The quantitative estimate of drug-likeness (QED) is 0.620. The van der Waals surface area contributed by atoms with Crippen molar-refractivity contribution in [2.24, 2.45) is 5.92 Å². The highest BCUT2D eigenvalue weighted by Crippen LogP contribution is 2.26. The van der Waals surface area contributed by atoms with Gasteiger partial charge in [0.15, 0.2) is 0 Å². The first-order valence-electron chi connectivity index (χ1n) is 9.38. The van der Waals surface area contributed by atoms with Gasteiger partial charge in [-0.1, -0.05) is 29.3 Å². The number of nitrogens with one attached hydrogen (secondary N) is 1. The molecule has 0 aliphatic carbocycles. The van der Waals surface area contributed by atoms with E-state index in [2.05, 4.69) is 5.32 Å². The third kappa shape index (κ3) is 5.63. The van der Waals surface area contributed by atoms with Crippen LogP contribution in [-0.2, 0) is 14.8 Å². The minimum Gasteiger partial charge on any atom is -0.492 e. The van der Waals surface area contributed by atoms with Crippen molar-refractivity contribution in [1.29, 1.82) is 0 Å². The second-order valence-corrected chi connectivity index (χ2v) is 9.63. The van der Waals surface area contributed by atoms with Gasteiger partial charge in [-0.3, -0.25) is 4.79 Å². The van der Waals surface area contributed by atoms with Gasteiger partial charge in [-0.2, -0.15) is 4.31 Å². The van der Waals surface area contributed by atoms with E-state index < -0.39 is 15.8 Å². The Balaban J connectivity index is 1.46. The zero-order chi connectivity index (χ0) is 21.7. The van der Waals surface area contributed by atoms with Gasteiger partial charge in [-0.05, 0) is 49.2 Å². The van der Waals surface area contributed by atoms with Crippen molar-refractivity contribution in [3.63, 3.8) is 0 Å². The molecular weight excluding hydrogens is 454 g/mol. The van der Waals surface area contributed by atoms with Crippen molar-refractivity contribution < 1.29 is 22.3 Å². The lowest BCUT2D eigenvalue weighted by atomic mass is 9.97. The molecule has 1 aliphatic heterocycles. The molecule has 1 aliphatic rings. The smallest absolute Gasteiger partial charge is 0.243 e. The lowest BCUT2D eigenvalue weighted by Gasteiger charge is -2.30. The molecule has 0 atom stereocenters. The van der Waals surface area contributed by atoms with Gasteiger partial charge in [0.2, 0.25) is 15.9 Å². The van der Waals surface area contributed by atoms with Crippen LogP contribution in [0.1, 0.15) is 12.8 Å². The van der Waals surface area contributed by atoms with Gasteiger partial charge in [-0.15, -0.1) is 0 Å². The Hall–Kier alpha value is -1.87. The average molecular weight is 475 g/mol. The van der Waals surface area contributed by atoms with Crippen LogP contribution in [0.3, 0.4) is 0 Å². The SMILES string of the molecule is O=C(NCCOc1cccc(Cl)c1)C1CCN(S(=O)(=O)c2ccc(F)c(Cl)c2)CC1. The molecule has 0 spiro atoms. The molecule has 0 radical (unpaired) electrons. The first-order chi connectivity index (χ1) is 14.3. The first kappa shape index (κ1) is 22.8. The van der Waals surface area contributed by atoms with Crippen LogP contribution in [0, 0.1) is 11.7 Å². The highest BCUT2D eigenvalue weighted by atomic mass is 35.5. The molecule has 10 heteroatoms. The number of benzene rings is 2. The number of carbonyl (C=O) groups excluding carboxylic acids is 1. The molecule has 1 N–H and O–H groups in total. The van der Waals surface area contributed by atoms with Gasteiger partial charge in [-0.25, -0.2) is 12.8 Å². The summed E-state index contributed by atoms with van der Waals surface area (Å²) in [7, 11) is -3.79. The fourth-order valence-electron chi connectivity index (χ4n) is 3.19. The summed E-state index contributed by atoms with van der Waals surface area (Å²) in [4.78, 5) is 12.3. The van der Waals surface area contributed by atoms with Crippen molar-refractivity contribution in [1.82, 2.24) is 9.62 Å². The summed E-state index contributed by atoms with van der Waals surface area (Å²) >= 11 is 11.6. The number of hydrogen-bond acceptors (Lipinski definition) is 4. The maximum atomic E-state index is 13.3. The van der Waals surface area contributed by atoms with E-state index in [4.69, 9.17) is 27.9 Å². The Kier molecular flexibility index (Phi) is 7.57. The average Bonchev–Trinajstić information content (AvgIpc) is 2.73. The van der Waals surface area contributed by atoms with Crippen molar-refractivity contribution in [2.45, 2.75) is 17.7 Å². The van der Waals surface area contributed by atoms with Crippen LogP contribution in [0.4, 0.5) is 4.39 Å². The van der Waals surface area contributed by atoms with Crippen molar-refractivity contribution in [2.75, 3.05) is 26.2 Å². The van der Waals surface area contributed by atoms with E-state index in [9.17, 15) is 17.6 Å². The summed E-state index contributed by atoms with van der Waals surface area (Å²) in [6.45, 7) is 1.03. The fraction of sp³-hybridized carbons (Fsp3) is 0.350. The topological polar surface area (TPSA) is 75.7 Å². The molecule has 0 bridgehead atoms. The molecule has 2 aromatic rings. The summed E-state index contributed by atoms with van der Waals surface area (Å²) in [5.41, 5.74) is 0. The van der Waals surface area contributed by atoms with E-state index >= 15 is 0 Å². The minimum absolute atomic E-state index is 0.0602. The van der Waals surface area contributed by atoms with E-state index in [1.165, 1.54) is 10.4 Å². The molecule has 0 unspecified atom stereocenters. The maximum Gasteiger partial charge on any atom is 0.243 e.